The molecule has 0 amide bonds. The molecule has 7 heteroatoms. The van der Waals surface area contributed by atoms with Crippen LogP contribution in [0.3, 0.4) is 0 Å². The monoisotopic (exact) mass is 481 g/mol. The summed E-state index contributed by atoms with van der Waals surface area (Å²) < 4.78 is 13.6. The molecule has 0 radical (unpaired) electrons. The van der Waals surface area contributed by atoms with Crippen molar-refractivity contribution in [2.45, 2.75) is 26.2 Å². The van der Waals surface area contributed by atoms with E-state index in [1.54, 1.807) is 25.4 Å². The number of benzene rings is 3. The Morgan fingerprint density at radius 2 is 1.76 bits per heavy atom. The largest absolute Gasteiger partial charge is 0.493 e. The maximum absolute atomic E-state index is 6.24. The van der Waals surface area contributed by atoms with Crippen molar-refractivity contribution in [3.05, 3.63) is 112 Å². The molecule has 0 saturated heterocycles. The number of imidazole rings is 1. The molecular weight excluding hydrogens is 457 g/mol. The number of hydrogen-bond donors (Lipinski definition) is 1. The average Bonchev–Trinajstić information content (AvgIpc) is 3.33. The van der Waals surface area contributed by atoms with E-state index in [9.17, 15) is 0 Å². The summed E-state index contributed by atoms with van der Waals surface area (Å²) in [4.78, 5) is 4.12. The second-order valence-corrected chi connectivity index (χ2v) is 8.46. The van der Waals surface area contributed by atoms with Gasteiger partial charge in [-0.3, -0.25) is 0 Å². The maximum Gasteiger partial charge on any atom is 0.161 e. The standard InChI is InChI=1S/C26H25Cl2N3O2/c1-32-26-12-19(6-9-25(26)33-17-22-7-8-23(27)13-24(22)28)14-30-15-20-4-2-3-5-21(20)16-31-11-10-29-18-31/h2-13,18,30H,14-17H2,1H3. The van der Waals surface area contributed by atoms with Crippen molar-refractivity contribution in [2.24, 2.45) is 0 Å². The average molecular weight is 482 g/mol. The Bertz CT molecular complexity index is 1200. The smallest absolute Gasteiger partial charge is 0.161 e. The molecule has 0 aliphatic rings. The zero-order valence-electron chi connectivity index (χ0n) is 18.3. The van der Waals surface area contributed by atoms with Gasteiger partial charge in [0.05, 0.1) is 13.4 Å². The zero-order valence-corrected chi connectivity index (χ0v) is 19.8. The molecule has 0 aliphatic heterocycles. The molecule has 0 atom stereocenters. The summed E-state index contributed by atoms with van der Waals surface area (Å²) in [5, 5.41) is 4.71. The number of aromatic nitrogens is 2. The van der Waals surface area contributed by atoms with E-state index in [1.807, 2.05) is 36.8 Å². The Balaban J connectivity index is 1.36. The van der Waals surface area contributed by atoms with Crippen LogP contribution < -0.4 is 14.8 Å². The lowest BCUT2D eigenvalue weighted by atomic mass is 10.1. The molecule has 0 unspecified atom stereocenters. The quantitative estimate of drug-likeness (QED) is 0.296. The van der Waals surface area contributed by atoms with Gasteiger partial charge in [0, 0.05) is 47.6 Å². The van der Waals surface area contributed by atoms with Crippen molar-refractivity contribution in [1.29, 1.82) is 0 Å². The summed E-state index contributed by atoms with van der Waals surface area (Å²) in [6.45, 7) is 2.60. The van der Waals surface area contributed by atoms with E-state index in [-0.39, 0.29) is 0 Å². The first kappa shape index (κ1) is 23.2. The fourth-order valence-electron chi connectivity index (χ4n) is 3.54. The first-order valence-electron chi connectivity index (χ1n) is 10.6. The molecule has 5 nitrogen and oxygen atoms in total. The van der Waals surface area contributed by atoms with E-state index in [2.05, 4.69) is 39.1 Å². The number of ether oxygens (including phenoxy) is 2. The molecule has 0 saturated carbocycles. The number of halogens is 2. The molecule has 0 aliphatic carbocycles. The summed E-state index contributed by atoms with van der Waals surface area (Å²) in [5.74, 6) is 1.35. The van der Waals surface area contributed by atoms with Crippen molar-refractivity contribution in [3.8, 4) is 11.5 Å². The highest BCUT2D eigenvalue weighted by Crippen LogP contribution is 2.30. The van der Waals surface area contributed by atoms with Gasteiger partial charge >= 0.3 is 0 Å². The third-order valence-corrected chi connectivity index (χ3v) is 5.89. The summed E-state index contributed by atoms with van der Waals surface area (Å²) in [6.07, 6.45) is 5.60. The third-order valence-electron chi connectivity index (χ3n) is 5.30. The second-order valence-electron chi connectivity index (χ2n) is 7.62. The summed E-state index contributed by atoms with van der Waals surface area (Å²) in [5.41, 5.74) is 4.50. The van der Waals surface area contributed by atoms with Crippen molar-refractivity contribution < 1.29 is 9.47 Å². The highest BCUT2D eigenvalue weighted by Gasteiger charge is 2.09. The summed E-state index contributed by atoms with van der Waals surface area (Å²) in [7, 11) is 1.64. The Hall–Kier alpha value is -2.99. The van der Waals surface area contributed by atoms with Crippen LogP contribution in [0.5, 0.6) is 11.5 Å². The molecule has 0 bridgehead atoms. The van der Waals surface area contributed by atoms with Crippen LogP contribution in [0.1, 0.15) is 22.3 Å². The molecule has 4 rings (SSSR count). The van der Waals surface area contributed by atoms with Gasteiger partial charge in [0.25, 0.3) is 0 Å². The van der Waals surface area contributed by atoms with Crippen LogP contribution in [0.4, 0.5) is 0 Å². The van der Waals surface area contributed by atoms with Crippen molar-refractivity contribution in [1.82, 2.24) is 14.9 Å². The number of hydrogen-bond acceptors (Lipinski definition) is 4. The van der Waals surface area contributed by atoms with Crippen LogP contribution in [0.25, 0.3) is 0 Å². The lowest BCUT2D eigenvalue weighted by molar-refractivity contribution is 0.284. The topological polar surface area (TPSA) is 48.3 Å². The van der Waals surface area contributed by atoms with Gasteiger partial charge in [-0.05, 0) is 41.0 Å². The van der Waals surface area contributed by atoms with Gasteiger partial charge in [-0.2, -0.15) is 0 Å². The predicted octanol–water partition coefficient (Wildman–Crippen LogP) is 6.12. The molecule has 1 heterocycles. The molecule has 33 heavy (non-hydrogen) atoms. The van der Waals surface area contributed by atoms with Gasteiger partial charge < -0.3 is 19.4 Å². The fourth-order valence-corrected chi connectivity index (χ4v) is 4.00. The molecule has 0 spiro atoms. The van der Waals surface area contributed by atoms with Crippen molar-refractivity contribution in [3.63, 3.8) is 0 Å². The molecule has 0 fully saturated rings. The van der Waals surface area contributed by atoms with Crippen LogP contribution >= 0.6 is 23.2 Å². The molecule has 170 valence electrons. The van der Waals surface area contributed by atoms with E-state index in [0.717, 1.165) is 24.2 Å². The normalized spacial score (nSPS) is 10.9. The van der Waals surface area contributed by atoms with Crippen molar-refractivity contribution >= 4 is 23.2 Å². The molecule has 3 aromatic carbocycles. The van der Waals surface area contributed by atoms with Gasteiger partial charge in [-0.25, -0.2) is 4.98 Å². The van der Waals surface area contributed by atoms with E-state index in [1.165, 1.54) is 11.1 Å². The SMILES string of the molecule is COc1cc(CNCc2ccccc2Cn2ccnc2)ccc1OCc1ccc(Cl)cc1Cl. The number of nitrogens with zero attached hydrogens (tertiary/aromatic N) is 2. The number of rotatable bonds is 10. The lowest BCUT2D eigenvalue weighted by Gasteiger charge is -2.14. The first-order chi connectivity index (χ1) is 16.1. The Labute approximate surface area is 203 Å². The predicted molar refractivity (Wildman–Crippen MR) is 132 cm³/mol. The van der Waals surface area contributed by atoms with E-state index < -0.39 is 0 Å². The fraction of sp³-hybridized carbons (Fsp3) is 0.192. The molecule has 1 N–H and O–H groups in total. The highest BCUT2D eigenvalue weighted by atomic mass is 35.5. The van der Waals surface area contributed by atoms with Gasteiger partial charge in [0.1, 0.15) is 6.61 Å². The van der Waals surface area contributed by atoms with Crippen LogP contribution in [-0.4, -0.2) is 16.7 Å². The van der Waals surface area contributed by atoms with Gasteiger partial charge in [-0.15, -0.1) is 0 Å². The van der Waals surface area contributed by atoms with Crippen LogP contribution in [-0.2, 0) is 26.2 Å². The maximum atomic E-state index is 6.24. The second kappa shape index (κ2) is 11.2. The Morgan fingerprint density at radius 1 is 0.909 bits per heavy atom. The van der Waals surface area contributed by atoms with Gasteiger partial charge in [-0.1, -0.05) is 59.6 Å². The minimum absolute atomic E-state index is 0.331. The highest BCUT2D eigenvalue weighted by molar-refractivity contribution is 6.35. The van der Waals surface area contributed by atoms with Crippen LogP contribution in [0.2, 0.25) is 10.0 Å². The van der Waals surface area contributed by atoms with E-state index in [0.29, 0.717) is 34.7 Å². The lowest BCUT2D eigenvalue weighted by Crippen LogP contribution is -2.15. The first-order valence-corrected chi connectivity index (χ1v) is 11.3. The number of methoxy groups -OCH3 is 1. The van der Waals surface area contributed by atoms with Gasteiger partial charge in [0.2, 0.25) is 0 Å². The van der Waals surface area contributed by atoms with Crippen LogP contribution in [0, 0.1) is 0 Å². The number of nitrogens with one attached hydrogen (secondary N) is 1. The zero-order chi connectivity index (χ0) is 23.0. The van der Waals surface area contributed by atoms with E-state index >= 15 is 0 Å². The van der Waals surface area contributed by atoms with Crippen molar-refractivity contribution in [2.75, 3.05) is 7.11 Å². The van der Waals surface area contributed by atoms with E-state index in [4.69, 9.17) is 32.7 Å². The van der Waals surface area contributed by atoms with Gasteiger partial charge in [0.15, 0.2) is 11.5 Å². The van der Waals surface area contributed by atoms with Crippen LogP contribution in [0.15, 0.2) is 79.4 Å². The Morgan fingerprint density at radius 3 is 2.52 bits per heavy atom. The minimum atomic E-state index is 0.331. The summed E-state index contributed by atoms with van der Waals surface area (Å²) in [6, 6.07) is 19.7. The Kier molecular flexibility index (Phi) is 7.89. The molecular formula is C26H25Cl2N3O2. The third kappa shape index (κ3) is 6.29. The summed E-state index contributed by atoms with van der Waals surface area (Å²) >= 11 is 12.2. The molecule has 4 aromatic rings. The molecule has 1 aromatic heterocycles. The minimum Gasteiger partial charge on any atom is -0.493 e.